The maximum absolute atomic E-state index is 12.7. The minimum Gasteiger partial charge on any atom is -0.381 e. The van der Waals surface area contributed by atoms with Gasteiger partial charge in [0.25, 0.3) is 0 Å². The second-order valence-electron chi connectivity index (χ2n) is 7.27. The van der Waals surface area contributed by atoms with Gasteiger partial charge in [-0.2, -0.15) is 0 Å². The van der Waals surface area contributed by atoms with E-state index in [2.05, 4.69) is 12.2 Å². The Hall–Kier alpha value is -0.650. The molecule has 3 N–H and O–H groups in total. The van der Waals surface area contributed by atoms with Crippen LogP contribution in [0, 0.1) is 5.41 Å². The van der Waals surface area contributed by atoms with Crippen LogP contribution in [0.2, 0.25) is 0 Å². The van der Waals surface area contributed by atoms with Gasteiger partial charge in [-0.1, -0.05) is 19.3 Å². The number of hydrogen-bond acceptors (Lipinski definition) is 4. The molecule has 0 aromatic rings. The third-order valence-electron chi connectivity index (χ3n) is 6.08. The number of nitrogens with one attached hydrogen (secondary N) is 1. The fraction of sp³-hybridized carbons (Fsp3) is 0.941. The van der Waals surface area contributed by atoms with Gasteiger partial charge in [-0.3, -0.25) is 4.79 Å². The summed E-state index contributed by atoms with van der Waals surface area (Å²) in [6.45, 7) is 3.98. The summed E-state index contributed by atoms with van der Waals surface area (Å²) in [7, 11) is 0. The summed E-state index contributed by atoms with van der Waals surface area (Å²) in [4.78, 5) is 12.7. The predicted octanol–water partition coefficient (Wildman–Crippen LogP) is 1.74. The van der Waals surface area contributed by atoms with E-state index >= 15 is 0 Å². The molecule has 2 atom stereocenters. The molecule has 5 nitrogen and oxygen atoms in total. The Kier molecular flexibility index (Phi) is 4.76. The molecule has 126 valence electrons. The Labute approximate surface area is 133 Å². The molecule has 0 radical (unpaired) electrons. The molecule has 2 aliphatic carbocycles. The molecule has 1 heterocycles. The molecule has 3 rings (SSSR count). The monoisotopic (exact) mass is 310 g/mol. The minimum absolute atomic E-state index is 0.0145. The van der Waals surface area contributed by atoms with E-state index in [0.29, 0.717) is 32.2 Å². The van der Waals surface area contributed by atoms with Crippen LogP contribution in [-0.4, -0.2) is 43.4 Å². The maximum Gasteiger partial charge on any atom is 0.240 e. The van der Waals surface area contributed by atoms with Crippen molar-refractivity contribution in [2.45, 2.75) is 76.0 Å². The second-order valence-corrected chi connectivity index (χ2v) is 7.27. The number of hydrogen-bond donors (Lipinski definition) is 2. The zero-order valence-electron chi connectivity index (χ0n) is 13.7. The van der Waals surface area contributed by atoms with Crippen molar-refractivity contribution in [1.82, 2.24) is 5.32 Å². The molecular formula is C17H30N2O3. The van der Waals surface area contributed by atoms with Crippen molar-refractivity contribution >= 4 is 5.91 Å². The highest BCUT2D eigenvalue weighted by atomic mass is 16.5. The summed E-state index contributed by atoms with van der Waals surface area (Å²) in [5.41, 5.74) is 5.73. The third-order valence-corrected chi connectivity index (χ3v) is 6.08. The van der Waals surface area contributed by atoms with Crippen LogP contribution in [0.4, 0.5) is 0 Å². The van der Waals surface area contributed by atoms with Gasteiger partial charge in [0, 0.05) is 31.3 Å². The van der Waals surface area contributed by atoms with E-state index in [1.807, 2.05) is 0 Å². The summed E-state index contributed by atoms with van der Waals surface area (Å²) in [5, 5.41) is 3.28. The number of carbonyl (C=O) groups excluding carboxylic acids is 1. The molecular weight excluding hydrogens is 280 g/mol. The Balaban J connectivity index is 1.65. The summed E-state index contributed by atoms with van der Waals surface area (Å²) in [5.74, 6) is 0.0145. The van der Waals surface area contributed by atoms with Crippen molar-refractivity contribution in [2.75, 3.05) is 19.8 Å². The smallest absolute Gasteiger partial charge is 0.240 e. The molecule has 1 aliphatic heterocycles. The highest BCUT2D eigenvalue weighted by Gasteiger charge is 2.56. The lowest BCUT2D eigenvalue weighted by atomic mass is 9.55. The SMILES string of the molecule is CCOC1CC(NC(=O)C2(N)CCOCC2)C12CCCCC2. The second kappa shape index (κ2) is 6.46. The van der Waals surface area contributed by atoms with Gasteiger partial charge in [0.1, 0.15) is 0 Å². The van der Waals surface area contributed by atoms with Gasteiger partial charge in [-0.05, 0) is 39.0 Å². The standard InChI is InChI=1S/C17H30N2O3/c1-2-22-14-12-13(16(14)6-4-3-5-7-16)19-15(20)17(18)8-10-21-11-9-17/h13-14H,2-12,18H2,1H3,(H,19,20). The van der Waals surface area contributed by atoms with Crippen LogP contribution in [0.25, 0.3) is 0 Å². The van der Waals surface area contributed by atoms with Crippen molar-refractivity contribution in [3.8, 4) is 0 Å². The Morgan fingerprint density at radius 3 is 2.55 bits per heavy atom. The van der Waals surface area contributed by atoms with Gasteiger partial charge in [-0.25, -0.2) is 0 Å². The van der Waals surface area contributed by atoms with Gasteiger partial charge in [0.2, 0.25) is 5.91 Å². The molecule has 3 aliphatic rings. The molecule has 1 spiro atoms. The van der Waals surface area contributed by atoms with Crippen molar-refractivity contribution in [2.24, 2.45) is 11.1 Å². The molecule has 3 fully saturated rings. The zero-order chi connectivity index (χ0) is 15.6. The number of ether oxygens (including phenoxy) is 2. The van der Waals surface area contributed by atoms with E-state index in [4.69, 9.17) is 15.2 Å². The molecule has 0 bridgehead atoms. The first-order chi connectivity index (χ1) is 10.6. The van der Waals surface area contributed by atoms with Crippen molar-refractivity contribution in [1.29, 1.82) is 0 Å². The third kappa shape index (κ3) is 2.79. The van der Waals surface area contributed by atoms with Crippen LogP contribution in [0.1, 0.15) is 58.3 Å². The molecule has 0 aromatic carbocycles. The summed E-state index contributed by atoms with van der Waals surface area (Å²) < 4.78 is 11.3. The van der Waals surface area contributed by atoms with Gasteiger partial charge in [0.15, 0.2) is 0 Å². The summed E-state index contributed by atoms with van der Waals surface area (Å²) >= 11 is 0. The van der Waals surface area contributed by atoms with Crippen LogP contribution < -0.4 is 11.1 Å². The van der Waals surface area contributed by atoms with Crippen LogP contribution in [0.3, 0.4) is 0 Å². The Morgan fingerprint density at radius 1 is 1.23 bits per heavy atom. The molecule has 22 heavy (non-hydrogen) atoms. The van der Waals surface area contributed by atoms with Crippen molar-refractivity contribution < 1.29 is 14.3 Å². The van der Waals surface area contributed by atoms with Crippen LogP contribution in [0.5, 0.6) is 0 Å². The quantitative estimate of drug-likeness (QED) is 0.829. The van der Waals surface area contributed by atoms with Gasteiger partial charge < -0.3 is 20.5 Å². The van der Waals surface area contributed by atoms with Crippen molar-refractivity contribution in [3.63, 3.8) is 0 Å². The van der Waals surface area contributed by atoms with Crippen LogP contribution in [0.15, 0.2) is 0 Å². The first kappa shape index (κ1) is 16.2. The molecule has 0 aromatic heterocycles. The van der Waals surface area contributed by atoms with E-state index in [-0.39, 0.29) is 17.4 Å². The molecule has 1 amide bonds. The van der Waals surface area contributed by atoms with E-state index in [1.54, 1.807) is 0 Å². The number of nitrogens with two attached hydrogens (primary N) is 1. The minimum atomic E-state index is -0.745. The van der Waals surface area contributed by atoms with Gasteiger partial charge in [0.05, 0.1) is 11.6 Å². The van der Waals surface area contributed by atoms with E-state index in [9.17, 15) is 4.79 Å². The first-order valence-electron chi connectivity index (χ1n) is 8.90. The lowest BCUT2D eigenvalue weighted by Crippen LogP contribution is -2.69. The largest absolute Gasteiger partial charge is 0.381 e. The summed E-state index contributed by atoms with van der Waals surface area (Å²) in [6, 6.07) is 0.236. The van der Waals surface area contributed by atoms with E-state index < -0.39 is 5.54 Å². The highest BCUT2D eigenvalue weighted by Crippen LogP contribution is 2.53. The predicted molar refractivity (Wildman–Crippen MR) is 84.5 cm³/mol. The fourth-order valence-corrected chi connectivity index (χ4v) is 4.53. The Bertz CT molecular complexity index is 401. The molecule has 1 saturated heterocycles. The molecule has 2 saturated carbocycles. The lowest BCUT2D eigenvalue weighted by molar-refractivity contribution is -0.160. The topological polar surface area (TPSA) is 73.6 Å². The van der Waals surface area contributed by atoms with Gasteiger partial charge >= 0.3 is 0 Å². The number of amides is 1. The average Bonchev–Trinajstić information content (AvgIpc) is 2.55. The van der Waals surface area contributed by atoms with Crippen molar-refractivity contribution in [3.05, 3.63) is 0 Å². The molecule has 2 unspecified atom stereocenters. The van der Waals surface area contributed by atoms with Gasteiger partial charge in [-0.15, -0.1) is 0 Å². The zero-order valence-corrected chi connectivity index (χ0v) is 13.7. The first-order valence-corrected chi connectivity index (χ1v) is 8.90. The highest BCUT2D eigenvalue weighted by molar-refractivity contribution is 5.86. The van der Waals surface area contributed by atoms with E-state index in [0.717, 1.165) is 13.0 Å². The van der Waals surface area contributed by atoms with E-state index in [1.165, 1.54) is 32.1 Å². The number of carbonyl (C=O) groups is 1. The Morgan fingerprint density at radius 2 is 1.91 bits per heavy atom. The summed E-state index contributed by atoms with van der Waals surface area (Å²) in [6.07, 6.45) is 8.63. The number of rotatable bonds is 4. The normalized spacial score (nSPS) is 33.2. The lowest BCUT2D eigenvalue weighted by Gasteiger charge is -2.58. The fourth-order valence-electron chi connectivity index (χ4n) is 4.53. The van der Waals surface area contributed by atoms with Crippen LogP contribution >= 0.6 is 0 Å². The maximum atomic E-state index is 12.7. The van der Waals surface area contributed by atoms with Crippen LogP contribution in [-0.2, 0) is 14.3 Å². The molecule has 5 heteroatoms. The average molecular weight is 310 g/mol.